The standard InChI is InChI=1S/C16H19NO7/c1-23-14(19)16(15(20)24-2)12(18)9-8-11(17(21)22)13(16)10-6-4-3-5-7-10/h3-7,11-13,18H,8-9H2,1-2H3/t11-,12-,13+/m1/s1. The minimum atomic E-state index is -2.18. The molecular formula is C16H19NO7. The number of methoxy groups -OCH3 is 2. The lowest BCUT2D eigenvalue weighted by molar-refractivity contribution is -0.534. The number of hydrogen-bond acceptors (Lipinski definition) is 7. The van der Waals surface area contributed by atoms with Gasteiger partial charge in [-0.15, -0.1) is 0 Å². The summed E-state index contributed by atoms with van der Waals surface area (Å²) in [6, 6.07) is 6.94. The van der Waals surface area contributed by atoms with Crippen molar-refractivity contribution in [2.45, 2.75) is 30.9 Å². The Labute approximate surface area is 138 Å². The molecule has 24 heavy (non-hydrogen) atoms. The fraction of sp³-hybridized carbons (Fsp3) is 0.500. The van der Waals surface area contributed by atoms with Crippen LogP contribution in [-0.2, 0) is 19.1 Å². The van der Waals surface area contributed by atoms with Gasteiger partial charge in [0.15, 0.2) is 0 Å². The largest absolute Gasteiger partial charge is 0.468 e. The molecule has 1 aliphatic rings. The van der Waals surface area contributed by atoms with Crippen LogP contribution in [0.25, 0.3) is 0 Å². The average molecular weight is 337 g/mol. The number of aliphatic hydroxyl groups excluding tert-OH is 1. The van der Waals surface area contributed by atoms with E-state index in [0.717, 1.165) is 14.2 Å². The number of esters is 2. The van der Waals surface area contributed by atoms with Crippen molar-refractivity contribution in [3.05, 3.63) is 46.0 Å². The van der Waals surface area contributed by atoms with Gasteiger partial charge in [-0.3, -0.25) is 19.7 Å². The zero-order chi connectivity index (χ0) is 17.9. The number of rotatable bonds is 4. The molecule has 8 nitrogen and oxygen atoms in total. The molecule has 0 amide bonds. The molecule has 3 atom stereocenters. The molecule has 1 aromatic rings. The van der Waals surface area contributed by atoms with E-state index in [2.05, 4.69) is 0 Å². The predicted octanol–water partition coefficient (Wildman–Crippen LogP) is 0.903. The van der Waals surface area contributed by atoms with Crippen molar-refractivity contribution in [1.29, 1.82) is 0 Å². The summed E-state index contributed by atoms with van der Waals surface area (Å²) >= 11 is 0. The van der Waals surface area contributed by atoms with E-state index >= 15 is 0 Å². The van der Waals surface area contributed by atoms with E-state index in [-0.39, 0.29) is 12.8 Å². The summed E-state index contributed by atoms with van der Waals surface area (Å²) in [6.07, 6.45) is -1.50. The second-order valence-corrected chi connectivity index (χ2v) is 5.69. The van der Waals surface area contributed by atoms with Gasteiger partial charge >= 0.3 is 11.9 Å². The van der Waals surface area contributed by atoms with Gasteiger partial charge in [-0.05, 0) is 12.0 Å². The highest BCUT2D eigenvalue weighted by Gasteiger charge is 2.67. The molecule has 1 N–H and O–H groups in total. The number of carbonyl (C=O) groups excluding carboxylic acids is 2. The van der Waals surface area contributed by atoms with Gasteiger partial charge in [-0.1, -0.05) is 30.3 Å². The Morgan fingerprint density at radius 1 is 1.17 bits per heavy atom. The van der Waals surface area contributed by atoms with Gasteiger partial charge in [0.05, 0.1) is 26.2 Å². The van der Waals surface area contributed by atoms with Gasteiger partial charge in [0, 0.05) is 11.3 Å². The zero-order valence-corrected chi connectivity index (χ0v) is 13.4. The first-order valence-electron chi connectivity index (χ1n) is 7.44. The molecule has 1 aliphatic carbocycles. The minimum absolute atomic E-state index is 0.0312. The lowest BCUT2D eigenvalue weighted by atomic mass is 9.60. The van der Waals surface area contributed by atoms with Crippen LogP contribution in [0.4, 0.5) is 0 Å². The van der Waals surface area contributed by atoms with Crippen molar-refractivity contribution < 1.29 is 29.1 Å². The van der Waals surface area contributed by atoms with Crippen LogP contribution in [0.2, 0.25) is 0 Å². The molecule has 0 bridgehead atoms. The third kappa shape index (κ3) is 2.62. The van der Waals surface area contributed by atoms with E-state index in [1.54, 1.807) is 30.3 Å². The molecule has 0 aliphatic heterocycles. The summed E-state index contributed by atoms with van der Waals surface area (Å²) in [7, 11) is 2.13. The lowest BCUT2D eigenvalue weighted by Crippen LogP contribution is -2.60. The highest BCUT2D eigenvalue weighted by Crippen LogP contribution is 2.50. The molecule has 2 rings (SSSR count). The number of nitrogens with zero attached hydrogens (tertiary/aromatic N) is 1. The number of aliphatic hydroxyl groups is 1. The molecular weight excluding hydrogens is 318 g/mol. The van der Waals surface area contributed by atoms with Gasteiger partial charge in [0.2, 0.25) is 11.5 Å². The number of carbonyl (C=O) groups is 2. The number of ether oxygens (including phenoxy) is 2. The van der Waals surface area contributed by atoms with Crippen molar-refractivity contribution >= 4 is 11.9 Å². The van der Waals surface area contributed by atoms with Crippen LogP contribution in [-0.4, -0.2) is 48.3 Å². The highest BCUT2D eigenvalue weighted by molar-refractivity contribution is 6.02. The monoisotopic (exact) mass is 337 g/mol. The second-order valence-electron chi connectivity index (χ2n) is 5.69. The Kier molecular flexibility index (Phi) is 5.18. The summed E-state index contributed by atoms with van der Waals surface area (Å²) in [4.78, 5) is 36.1. The molecule has 0 radical (unpaired) electrons. The van der Waals surface area contributed by atoms with Crippen molar-refractivity contribution in [3.8, 4) is 0 Å². The van der Waals surface area contributed by atoms with E-state index < -0.39 is 40.3 Å². The van der Waals surface area contributed by atoms with Gasteiger partial charge in [-0.25, -0.2) is 0 Å². The average Bonchev–Trinajstić information content (AvgIpc) is 2.60. The normalized spacial score (nSPS) is 25.5. The Hall–Kier alpha value is -2.48. The number of benzene rings is 1. The molecule has 0 unspecified atom stereocenters. The van der Waals surface area contributed by atoms with Crippen LogP contribution in [0.15, 0.2) is 30.3 Å². The molecule has 0 spiro atoms. The Morgan fingerprint density at radius 3 is 2.17 bits per heavy atom. The van der Waals surface area contributed by atoms with Crippen LogP contribution in [0.1, 0.15) is 24.3 Å². The zero-order valence-electron chi connectivity index (χ0n) is 13.4. The van der Waals surface area contributed by atoms with E-state index in [4.69, 9.17) is 9.47 Å². The van der Waals surface area contributed by atoms with Crippen molar-refractivity contribution in [3.63, 3.8) is 0 Å². The van der Waals surface area contributed by atoms with Gasteiger partial charge in [0.25, 0.3) is 0 Å². The van der Waals surface area contributed by atoms with Crippen LogP contribution in [0.3, 0.4) is 0 Å². The SMILES string of the molecule is COC(=O)C1(C(=O)OC)[C@H](O)CC[C@@H]([N+](=O)[O-])[C@@H]1c1ccccc1. The molecule has 8 heteroatoms. The van der Waals surface area contributed by atoms with Crippen LogP contribution in [0, 0.1) is 15.5 Å². The molecule has 0 heterocycles. The molecule has 1 saturated carbocycles. The maximum atomic E-state index is 12.5. The van der Waals surface area contributed by atoms with Gasteiger partial charge in [0.1, 0.15) is 0 Å². The topological polar surface area (TPSA) is 116 Å². The number of hydrogen-bond donors (Lipinski definition) is 1. The smallest absolute Gasteiger partial charge is 0.326 e. The summed E-state index contributed by atoms with van der Waals surface area (Å²) in [5.74, 6) is -3.28. The summed E-state index contributed by atoms with van der Waals surface area (Å²) in [5, 5.41) is 22.1. The quantitative estimate of drug-likeness (QED) is 0.375. The fourth-order valence-electron chi connectivity index (χ4n) is 3.55. The molecule has 1 aromatic carbocycles. The molecule has 130 valence electrons. The second kappa shape index (κ2) is 6.96. The summed E-state index contributed by atoms with van der Waals surface area (Å²) in [5.41, 5.74) is -1.78. The Morgan fingerprint density at radius 2 is 1.71 bits per heavy atom. The first-order valence-corrected chi connectivity index (χ1v) is 7.44. The van der Waals surface area contributed by atoms with Crippen LogP contribution in [0.5, 0.6) is 0 Å². The molecule has 1 fully saturated rings. The Balaban J connectivity index is 2.75. The predicted molar refractivity (Wildman–Crippen MR) is 81.7 cm³/mol. The maximum absolute atomic E-state index is 12.5. The van der Waals surface area contributed by atoms with Crippen molar-refractivity contribution in [2.24, 2.45) is 5.41 Å². The minimum Gasteiger partial charge on any atom is -0.468 e. The molecule has 0 saturated heterocycles. The van der Waals surface area contributed by atoms with Crippen molar-refractivity contribution in [1.82, 2.24) is 0 Å². The summed E-state index contributed by atoms with van der Waals surface area (Å²) < 4.78 is 9.49. The first kappa shape index (κ1) is 17.9. The van der Waals surface area contributed by atoms with E-state index in [1.165, 1.54) is 0 Å². The lowest BCUT2D eigenvalue weighted by Gasteiger charge is -2.43. The van der Waals surface area contributed by atoms with Gasteiger partial charge < -0.3 is 14.6 Å². The highest BCUT2D eigenvalue weighted by atomic mass is 16.6. The van der Waals surface area contributed by atoms with Gasteiger partial charge in [-0.2, -0.15) is 0 Å². The maximum Gasteiger partial charge on any atom is 0.326 e. The van der Waals surface area contributed by atoms with Crippen LogP contribution >= 0.6 is 0 Å². The van der Waals surface area contributed by atoms with E-state index in [1.807, 2.05) is 0 Å². The summed E-state index contributed by atoms with van der Waals surface area (Å²) in [6.45, 7) is 0. The van der Waals surface area contributed by atoms with Crippen LogP contribution < -0.4 is 0 Å². The molecule has 0 aromatic heterocycles. The third-order valence-corrected chi connectivity index (χ3v) is 4.61. The third-order valence-electron chi connectivity index (χ3n) is 4.61. The van der Waals surface area contributed by atoms with E-state index in [9.17, 15) is 24.8 Å². The fourth-order valence-corrected chi connectivity index (χ4v) is 3.55. The Bertz CT molecular complexity index is 615. The first-order chi connectivity index (χ1) is 11.4. The van der Waals surface area contributed by atoms with E-state index in [0.29, 0.717) is 5.56 Å². The number of nitro groups is 1. The van der Waals surface area contributed by atoms with Crippen molar-refractivity contribution in [2.75, 3.05) is 14.2 Å².